The fraction of sp³-hybridized carbons (Fsp3) is 0.300. The van der Waals surface area contributed by atoms with E-state index in [0.29, 0.717) is 0 Å². The van der Waals surface area contributed by atoms with Crippen molar-refractivity contribution in [2.24, 2.45) is 0 Å². The van der Waals surface area contributed by atoms with Crippen LogP contribution in [0, 0.1) is 11.6 Å². The van der Waals surface area contributed by atoms with Gasteiger partial charge in [0, 0.05) is 32.5 Å². The Kier molecular flexibility index (Phi) is 6.14. The van der Waals surface area contributed by atoms with Gasteiger partial charge in [0.1, 0.15) is 41.8 Å². The van der Waals surface area contributed by atoms with Gasteiger partial charge in [0.05, 0.1) is 12.1 Å². The van der Waals surface area contributed by atoms with Crippen LogP contribution in [0.25, 0.3) is 10.9 Å². The Morgan fingerprint density at radius 1 is 1.00 bits per heavy atom. The first-order chi connectivity index (χ1) is 14.7. The third kappa shape index (κ3) is 4.00. The number of aromatic nitrogens is 1. The largest absolute Gasteiger partial charge is 0.508 e. The molecular formula is C20H18ClF2NO6S. The van der Waals surface area contributed by atoms with Gasteiger partial charge in [-0.1, -0.05) is 23.4 Å². The van der Waals surface area contributed by atoms with E-state index in [-0.39, 0.29) is 31.5 Å². The van der Waals surface area contributed by atoms with Crippen LogP contribution in [0.5, 0.6) is 5.75 Å². The SMILES string of the molecule is OC[C@H]1O[C@@H](n2cc(Sc3ccc(O)cc3F)c3c(F)cc(Cl)cc32)[C@H](O)[C@@H](O)[C@@H]1O. The number of ether oxygens (including phenoxy) is 1. The van der Waals surface area contributed by atoms with Crippen molar-refractivity contribution in [3.05, 3.63) is 53.2 Å². The molecule has 0 spiro atoms. The van der Waals surface area contributed by atoms with Crippen LogP contribution in [0.15, 0.2) is 46.3 Å². The number of phenolic OH excluding ortho intramolecular Hbond substituents is 1. The zero-order chi connectivity index (χ0) is 22.4. The summed E-state index contributed by atoms with van der Waals surface area (Å²) in [6.07, 6.45) is -5.88. The highest BCUT2D eigenvalue weighted by atomic mass is 35.5. The van der Waals surface area contributed by atoms with Crippen molar-refractivity contribution in [2.75, 3.05) is 6.61 Å². The van der Waals surface area contributed by atoms with Crippen LogP contribution in [-0.2, 0) is 4.74 Å². The summed E-state index contributed by atoms with van der Waals surface area (Å²) in [7, 11) is 0. The minimum Gasteiger partial charge on any atom is -0.508 e. The molecule has 1 saturated heterocycles. The fourth-order valence-corrected chi connectivity index (χ4v) is 4.76. The molecule has 11 heteroatoms. The standard InChI is InChI=1S/C20H18ClF2NO6S/c21-8-3-11(23)16-12(4-8)24(20-19(29)18(28)17(27)13(7-25)30-20)6-15(16)31-14-2-1-9(26)5-10(14)22/h1-6,13,17-20,25-29H,7H2/t13-,17-,18+,19-,20-/m1/s1. The second kappa shape index (κ2) is 8.55. The molecule has 0 unspecified atom stereocenters. The van der Waals surface area contributed by atoms with Crippen LogP contribution >= 0.6 is 23.4 Å². The second-order valence-corrected chi connectivity index (χ2v) is 8.64. The number of hydrogen-bond acceptors (Lipinski definition) is 7. The summed E-state index contributed by atoms with van der Waals surface area (Å²) >= 11 is 6.89. The summed E-state index contributed by atoms with van der Waals surface area (Å²) in [6, 6.07) is 6.04. The fourth-order valence-electron chi connectivity index (χ4n) is 3.56. The minimum atomic E-state index is -1.64. The molecule has 0 radical (unpaired) electrons. The van der Waals surface area contributed by atoms with Crippen LogP contribution in [0.3, 0.4) is 0 Å². The molecule has 5 N–H and O–H groups in total. The van der Waals surface area contributed by atoms with Crippen molar-refractivity contribution >= 4 is 34.3 Å². The van der Waals surface area contributed by atoms with Crippen LogP contribution in [0.4, 0.5) is 8.78 Å². The zero-order valence-electron chi connectivity index (χ0n) is 15.7. The molecule has 0 bridgehead atoms. The first kappa shape index (κ1) is 22.3. The molecule has 1 aliphatic heterocycles. The molecule has 1 aliphatic rings. The summed E-state index contributed by atoms with van der Waals surface area (Å²) in [5, 5.41) is 49.6. The van der Waals surface area contributed by atoms with Gasteiger partial charge < -0.3 is 34.8 Å². The lowest BCUT2D eigenvalue weighted by molar-refractivity contribution is -0.250. The Balaban J connectivity index is 1.84. The molecule has 2 heterocycles. The van der Waals surface area contributed by atoms with Gasteiger partial charge in [-0.25, -0.2) is 8.78 Å². The van der Waals surface area contributed by atoms with E-state index in [1.54, 1.807) is 0 Å². The third-order valence-corrected chi connectivity index (χ3v) is 6.39. The molecule has 166 valence electrons. The van der Waals surface area contributed by atoms with E-state index in [9.17, 15) is 34.3 Å². The van der Waals surface area contributed by atoms with Crippen LogP contribution < -0.4 is 0 Å². The highest BCUT2D eigenvalue weighted by Gasteiger charge is 2.44. The topological polar surface area (TPSA) is 115 Å². The number of phenols is 1. The Labute approximate surface area is 184 Å². The molecule has 31 heavy (non-hydrogen) atoms. The number of rotatable bonds is 4. The number of fused-ring (bicyclic) bond motifs is 1. The van der Waals surface area contributed by atoms with Gasteiger partial charge in [-0.15, -0.1) is 0 Å². The molecule has 3 aromatic rings. The van der Waals surface area contributed by atoms with Crippen molar-refractivity contribution in [3.8, 4) is 5.75 Å². The number of benzene rings is 2. The number of halogens is 3. The van der Waals surface area contributed by atoms with E-state index in [1.165, 1.54) is 29.0 Å². The van der Waals surface area contributed by atoms with Gasteiger partial charge in [0.15, 0.2) is 6.23 Å². The van der Waals surface area contributed by atoms with Gasteiger partial charge in [0.2, 0.25) is 0 Å². The smallest absolute Gasteiger partial charge is 0.163 e. The van der Waals surface area contributed by atoms with E-state index in [0.717, 1.165) is 23.9 Å². The molecule has 2 aromatic carbocycles. The molecule has 1 aromatic heterocycles. The van der Waals surface area contributed by atoms with Gasteiger partial charge in [-0.05, 0) is 24.3 Å². The average molecular weight is 474 g/mol. The van der Waals surface area contributed by atoms with E-state index in [1.807, 2.05) is 0 Å². The third-order valence-electron chi connectivity index (χ3n) is 5.09. The first-order valence-electron chi connectivity index (χ1n) is 9.17. The maximum atomic E-state index is 14.9. The molecule has 0 amide bonds. The molecule has 7 nitrogen and oxygen atoms in total. The van der Waals surface area contributed by atoms with Gasteiger partial charge in [0.25, 0.3) is 0 Å². The number of aromatic hydroxyl groups is 1. The van der Waals surface area contributed by atoms with Crippen LogP contribution in [0.1, 0.15) is 6.23 Å². The van der Waals surface area contributed by atoms with Crippen molar-refractivity contribution in [3.63, 3.8) is 0 Å². The number of nitrogens with zero attached hydrogens (tertiary/aromatic N) is 1. The summed E-state index contributed by atoms with van der Waals surface area (Å²) in [4.78, 5) is 0.366. The van der Waals surface area contributed by atoms with Crippen LogP contribution in [-0.4, -0.2) is 61.1 Å². The number of hydrogen-bond donors (Lipinski definition) is 5. The van der Waals surface area contributed by atoms with E-state index >= 15 is 0 Å². The summed E-state index contributed by atoms with van der Waals surface area (Å²) in [5.74, 6) is -1.68. The normalized spacial score (nSPS) is 26.5. The first-order valence-corrected chi connectivity index (χ1v) is 10.4. The van der Waals surface area contributed by atoms with Crippen molar-refractivity contribution < 1.29 is 39.1 Å². The van der Waals surface area contributed by atoms with E-state index < -0.39 is 48.9 Å². The van der Waals surface area contributed by atoms with Crippen molar-refractivity contribution in [1.29, 1.82) is 0 Å². The maximum absolute atomic E-state index is 14.9. The lowest BCUT2D eigenvalue weighted by Crippen LogP contribution is -2.56. The Hall–Kier alpha value is -1.92. The second-order valence-electron chi connectivity index (χ2n) is 7.12. The molecule has 0 saturated carbocycles. The van der Waals surface area contributed by atoms with Crippen molar-refractivity contribution in [2.45, 2.75) is 40.4 Å². The monoisotopic (exact) mass is 473 g/mol. The van der Waals surface area contributed by atoms with E-state index in [4.69, 9.17) is 16.3 Å². The number of aliphatic hydroxyl groups is 4. The van der Waals surface area contributed by atoms with Gasteiger partial charge >= 0.3 is 0 Å². The van der Waals surface area contributed by atoms with Crippen LogP contribution in [0.2, 0.25) is 5.02 Å². The predicted molar refractivity (Wildman–Crippen MR) is 108 cm³/mol. The van der Waals surface area contributed by atoms with Gasteiger partial charge in [-0.3, -0.25) is 0 Å². The molecule has 5 atom stereocenters. The summed E-state index contributed by atoms with van der Waals surface area (Å²) < 4.78 is 36.0. The summed E-state index contributed by atoms with van der Waals surface area (Å²) in [6.45, 7) is -0.629. The Bertz CT molecular complexity index is 1130. The lowest BCUT2D eigenvalue weighted by atomic mass is 9.98. The maximum Gasteiger partial charge on any atom is 0.163 e. The lowest BCUT2D eigenvalue weighted by Gasteiger charge is -2.40. The Morgan fingerprint density at radius 3 is 2.42 bits per heavy atom. The van der Waals surface area contributed by atoms with Gasteiger partial charge in [-0.2, -0.15) is 0 Å². The quantitative estimate of drug-likeness (QED) is 0.395. The molecule has 1 fully saturated rings. The van der Waals surface area contributed by atoms with Crippen molar-refractivity contribution in [1.82, 2.24) is 4.57 Å². The highest BCUT2D eigenvalue weighted by molar-refractivity contribution is 7.99. The highest BCUT2D eigenvalue weighted by Crippen LogP contribution is 2.42. The molecule has 0 aliphatic carbocycles. The minimum absolute atomic E-state index is 0.0568. The predicted octanol–water partition coefficient (Wildman–Crippen LogP) is 2.40. The Morgan fingerprint density at radius 2 is 1.74 bits per heavy atom. The number of aliphatic hydroxyl groups excluding tert-OH is 4. The average Bonchev–Trinajstić information content (AvgIpc) is 3.07. The zero-order valence-corrected chi connectivity index (χ0v) is 17.3. The molecule has 4 rings (SSSR count). The summed E-state index contributed by atoms with van der Waals surface area (Å²) in [5.41, 5.74) is 0.191. The molecular weight excluding hydrogens is 456 g/mol. The van der Waals surface area contributed by atoms with E-state index in [2.05, 4.69) is 0 Å².